The van der Waals surface area contributed by atoms with E-state index in [1.54, 1.807) is 0 Å². The van der Waals surface area contributed by atoms with E-state index in [-0.39, 0.29) is 0 Å². The Bertz CT molecular complexity index is 439. The van der Waals surface area contributed by atoms with Crippen molar-refractivity contribution in [3.63, 3.8) is 0 Å². The molecule has 2 heteroatoms. The fourth-order valence-electron chi connectivity index (χ4n) is 1.50. The first kappa shape index (κ1) is 10.8. The van der Waals surface area contributed by atoms with Crippen molar-refractivity contribution in [3.05, 3.63) is 42.5 Å². The second-order valence-electron chi connectivity index (χ2n) is 3.40. The lowest BCUT2D eigenvalue weighted by atomic mass is 10.1. The van der Waals surface area contributed by atoms with Gasteiger partial charge >= 0.3 is 0 Å². The van der Waals surface area contributed by atoms with Crippen LogP contribution in [0.3, 0.4) is 0 Å². The first-order valence-corrected chi connectivity index (χ1v) is 6.60. The Labute approximate surface area is 99.6 Å². The molecule has 0 nitrogen and oxygen atoms in total. The minimum Gasteiger partial charge on any atom is -0.127 e. The van der Waals surface area contributed by atoms with Gasteiger partial charge in [-0.1, -0.05) is 30.3 Å². The lowest BCUT2D eigenvalue weighted by molar-refractivity contribution is 1.11. The molecule has 0 unspecified atom stereocenters. The van der Waals surface area contributed by atoms with Gasteiger partial charge in [0.15, 0.2) is 0 Å². The first-order valence-electron chi connectivity index (χ1n) is 5.08. The largest absolute Gasteiger partial charge is 0.127 e. The highest BCUT2D eigenvalue weighted by molar-refractivity contribution is 7.99. The molecule has 2 aromatic carbocycles. The number of thioether (sulfide) groups is 1. The Balaban J connectivity index is 2.16. The predicted molar refractivity (Wildman–Crippen MR) is 70.0 cm³/mol. The van der Waals surface area contributed by atoms with Crippen LogP contribution in [0.2, 0.25) is 0 Å². The molecular weight excluding hydrogens is 224 g/mol. The van der Waals surface area contributed by atoms with Gasteiger partial charge < -0.3 is 0 Å². The number of fused-ring (bicyclic) bond motifs is 1. The molecule has 0 aliphatic rings. The number of halogens is 1. The predicted octanol–water partition coefficient (Wildman–Crippen LogP) is 4.56. The number of benzene rings is 2. The van der Waals surface area contributed by atoms with Crippen LogP contribution >= 0.6 is 23.4 Å². The number of rotatable bonds is 4. The van der Waals surface area contributed by atoms with Crippen molar-refractivity contribution in [1.82, 2.24) is 0 Å². The van der Waals surface area contributed by atoms with Crippen LogP contribution in [0.4, 0.5) is 0 Å². The molecule has 0 spiro atoms. The third-order valence-corrected chi connectivity index (χ3v) is 3.61. The van der Waals surface area contributed by atoms with E-state index in [0.717, 1.165) is 18.1 Å². The molecule has 0 amide bonds. The van der Waals surface area contributed by atoms with Gasteiger partial charge in [-0.15, -0.1) is 23.4 Å². The van der Waals surface area contributed by atoms with Crippen LogP contribution in [0, 0.1) is 0 Å². The van der Waals surface area contributed by atoms with Gasteiger partial charge in [0.2, 0.25) is 0 Å². The average molecular weight is 237 g/mol. The molecule has 0 aliphatic heterocycles. The van der Waals surface area contributed by atoms with Gasteiger partial charge in [-0.3, -0.25) is 0 Å². The van der Waals surface area contributed by atoms with Crippen molar-refractivity contribution in [1.29, 1.82) is 0 Å². The van der Waals surface area contributed by atoms with Crippen LogP contribution in [-0.4, -0.2) is 11.6 Å². The zero-order chi connectivity index (χ0) is 10.5. The Morgan fingerprint density at radius 1 is 1.00 bits per heavy atom. The molecule has 0 radical (unpaired) electrons. The quantitative estimate of drug-likeness (QED) is 0.426. The number of hydrogen-bond donors (Lipinski definition) is 0. The van der Waals surface area contributed by atoms with E-state index in [4.69, 9.17) is 11.6 Å². The summed E-state index contributed by atoms with van der Waals surface area (Å²) in [4.78, 5) is 1.33. The minimum absolute atomic E-state index is 0.751. The molecule has 0 heterocycles. The summed E-state index contributed by atoms with van der Waals surface area (Å²) in [6.07, 6.45) is 1.07. The highest BCUT2D eigenvalue weighted by Crippen LogP contribution is 2.23. The normalized spacial score (nSPS) is 10.7. The third-order valence-electron chi connectivity index (χ3n) is 2.27. The van der Waals surface area contributed by atoms with E-state index in [9.17, 15) is 0 Å². The third kappa shape index (κ3) is 2.90. The van der Waals surface area contributed by atoms with E-state index < -0.39 is 0 Å². The van der Waals surface area contributed by atoms with Gasteiger partial charge in [0.1, 0.15) is 0 Å². The molecule has 0 N–H and O–H groups in total. The summed E-state index contributed by atoms with van der Waals surface area (Å²) in [5.74, 6) is 1.85. The van der Waals surface area contributed by atoms with E-state index in [1.165, 1.54) is 15.7 Å². The lowest BCUT2D eigenvalue weighted by Gasteiger charge is -2.02. The summed E-state index contributed by atoms with van der Waals surface area (Å²) in [7, 11) is 0. The van der Waals surface area contributed by atoms with Gasteiger partial charge in [0.05, 0.1) is 0 Å². The van der Waals surface area contributed by atoms with Gasteiger partial charge in [-0.25, -0.2) is 0 Å². The smallest absolute Gasteiger partial charge is 0.0231 e. The standard InChI is InChI=1S/C13H13ClS/c14-8-3-9-15-13-7-6-11-4-1-2-5-12(11)10-13/h1-2,4-7,10H,3,8-9H2. The van der Waals surface area contributed by atoms with E-state index in [0.29, 0.717) is 0 Å². The maximum atomic E-state index is 5.65. The molecule has 78 valence electrons. The minimum atomic E-state index is 0.751. The Hall–Kier alpha value is -0.660. The van der Waals surface area contributed by atoms with Crippen molar-refractivity contribution >= 4 is 34.1 Å². The molecule has 0 fully saturated rings. The Morgan fingerprint density at radius 2 is 1.80 bits per heavy atom. The summed E-state index contributed by atoms with van der Waals surface area (Å²) >= 11 is 7.52. The summed E-state index contributed by atoms with van der Waals surface area (Å²) in [6.45, 7) is 0. The maximum Gasteiger partial charge on any atom is 0.0231 e. The second-order valence-corrected chi connectivity index (χ2v) is 4.95. The fourth-order valence-corrected chi connectivity index (χ4v) is 2.69. The maximum absolute atomic E-state index is 5.65. The Morgan fingerprint density at radius 3 is 2.60 bits per heavy atom. The summed E-state index contributed by atoms with van der Waals surface area (Å²) < 4.78 is 0. The van der Waals surface area contributed by atoms with Gasteiger partial charge in [0.25, 0.3) is 0 Å². The van der Waals surface area contributed by atoms with Crippen LogP contribution in [0.1, 0.15) is 6.42 Å². The highest BCUT2D eigenvalue weighted by Gasteiger charge is 1.96. The first-order chi connectivity index (χ1) is 7.40. The van der Waals surface area contributed by atoms with Crippen LogP contribution in [-0.2, 0) is 0 Å². The molecule has 15 heavy (non-hydrogen) atoms. The van der Waals surface area contributed by atoms with Crippen LogP contribution in [0.25, 0.3) is 10.8 Å². The summed E-state index contributed by atoms with van der Waals surface area (Å²) in [5.41, 5.74) is 0. The van der Waals surface area contributed by atoms with E-state index in [2.05, 4.69) is 42.5 Å². The van der Waals surface area contributed by atoms with Gasteiger partial charge in [-0.05, 0) is 35.1 Å². The zero-order valence-corrected chi connectivity index (χ0v) is 10.0. The fraction of sp³-hybridized carbons (Fsp3) is 0.231. The molecule has 0 aromatic heterocycles. The van der Waals surface area contributed by atoms with Crippen molar-refractivity contribution in [2.24, 2.45) is 0 Å². The lowest BCUT2D eigenvalue weighted by Crippen LogP contribution is -1.81. The van der Waals surface area contributed by atoms with E-state index >= 15 is 0 Å². The molecule has 0 saturated carbocycles. The zero-order valence-electron chi connectivity index (χ0n) is 8.45. The molecule has 2 aromatic rings. The van der Waals surface area contributed by atoms with Gasteiger partial charge in [0, 0.05) is 10.8 Å². The molecule has 0 aliphatic carbocycles. The Kier molecular flexibility index (Phi) is 3.93. The topological polar surface area (TPSA) is 0 Å². The molecule has 2 rings (SSSR count). The van der Waals surface area contributed by atoms with Crippen molar-refractivity contribution < 1.29 is 0 Å². The van der Waals surface area contributed by atoms with Crippen LogP contribution < -0.4 is 0 Å². The monoisotopic (exact) mass is 236 g/mol. The second kappa shape index (κ2) is 5.43. The number of hydrogen-bond acceptors (Lipinski definition) is 1. The molecule has 0 bridgehead atoms. The van der Waals surface area contributed by atoms with Crippen molar-refractivity contribution in [2.45, 2.75) is 11.3 Å². The van der Waals surface area contributed by atoms with Crippen LogP contribution in [0.15, 0.2) is 47.4 Å². The summed E-state index contributed by atoms with van der Waals surface area (Å²) in [6, 6.07) is 15.1. The molecular formula is C13H13ClS. The van der Waals surface area contributed by atoms with E-state index in [1.807, 2.05) is 11.8 Å². The molecule has 0 saturated heterocycles. The average Bonchev–Trinajstić information content (AvgIpc) is 2.29. The van der Waals surface area contributed by atoms with Crippen molar-refractivity contribution in [3.8, 4) is 0 Å². The SMILES string of the molecule is ClCCCSc1ccc2ccccc2c1. The highest BCUT2D eigenvalue weighted by atomic mass is 35.5. The summed E-state index contributed by atoms with van der Waals surface area (Å²) in [5, 5.41) is 2.62. The number of alkyl halides is 1. The van der Waals surface area contributed by atoms with Crippen LogP contribution in [0.5, 0.6) is 0 Å². The van der Waals surface area contributed by atoms with Crippen molar-refractivity contribution in [2.75, 3.05) is 11.6 Å². The molecule has 0 atom stereocenters. The van der Waals surface area contributed by atoms with Gasteiger partial charge in [-0.2, -0.15) is 0 Å².